The second-order valence-corrected chi connectivity index (χ2v) is 4.63. The van der Waals surface area contributed by atoms with Gasteiger partial charge in [-0.1, -0.05) is 0 Å². The van der Waals surface area contributed by atoms with Crippen LogP contribution in [0.4, 0.5) is 5.69 Å². The first-order chi connectivity index (χ1) is 9.66. The summed E-state index contributed by atoms with van der Waals surface area (Å²) in [6.45, 7) is 2.77. The van der Waals surface area contributed by atoms with Gasteiger partial charge in [0.25, 0.3) is 0 Å². The fraction of sp³-hybridized carbons (Fsp3) is 0.286. The van der Waals surface area contributed by atoms with E-state index in [4.69, 9.17) is 4.74 Å². The van der Waals surface area contributed by atoms with Crippen molar-refractivity contribution in [2.24, 2.45) is 0 Å². The van der Waals surface area contributed by atoms with Crippen molar-refractivity contribution in [1.29, 1.82) is 0 Å². The van der Waals surface area contributed by atoms with Crippen molar-refractivity contribution in [3.05, 3.63) is 30.0 Å². The van der Waals surface area contributed by atoms with Crippen molar-refractivity contribution in [2.75, 3.05) is 31.2 Å². The van der Waals surface area contributed by atoms with Gasteiger partial charge in [-0.3, -0.25) is 4.98 Å². The summed E-state index contributed by atoms with van der Waals surface area (Å²) in [6.07, 6.45) is 1.65. The minimum absolute atomic E-state index is 0.0153. The van der Waals surface area contributed by atoms with Gasteiger partial charge in [0.15, 0.2) is 0 Å². The molecule has 1 aromatic carbocycles. The number of benzene rings is 1. The summed E-state index contributed by atoms with van der Waals surface area (Å²) in [5.74, 6) is -1.05. The Labute approximate surface area is 115 Å². The van der Waals surface area contributed by atoms with Crippen LogP contribution >= 0.6 is 0 Å². The predicted molar refractivity (Wildman–Crippen MR) is 73.4 cm³/mol. The summed E-state index contributed by atoms with van der Waals surface area (Å²) < 4.78 is 5.29. The lowest BCUT2D eigenvalue weighted by atomic mass is 10.1. The fourth-order valence-corrected chi connectivity index (χ4v) is 2.38. The number of phenols is 1. The van der Waals surface area contributed by atoms with E-state index in [9.17, 15) is 15.0 Å². The molecule has 0 unspecified atom stereocenters. The van der Waals surface area contributed by atoms with Gasteiger partial charge in [0.05, 0.1) is 30.7 Å². The first-order valence-corrected chi connectivity index (χ1v) is 6.34. The van der Waals surface area contributed by atoms with E-state index in [1.165, 1.54) is 12.1 Å². The topological polar surface area (TPSA) is 82.9 Å². The van der Waals surface area contributed by atoms with Gasteiger partial charge in [0.2, 0.25) is 0 Å². The molecule has 20 heavy (non-hydrogen) atoms. The third kappa shape index (κ3) is 2.14. The number of aromatic hydroxyl groups is 1. The molecule has 0 atom stereocenters. The number of ether oxygens (including phenoxy) is 1. The van der Waals surface area contributed by atoms with Crippen LogP contribution in [0.15, 0.2) is 24.4 Å². The normalized spacial score (nSPS) is 15.5. The number of rotatable bonds is 2. The Morgan fingerprint density at radius 2 is 2.05 bits per heavy atom. The zero-order chi connectivity index (χ0) is 14.1. The minimum Gasteiger partial charge on any atom is -0.506 e. The smallest absolute Gasteiger partial charge is 0.336 e. The van der Waals surface area contributed by atoms with Crippen LogP contribution in [-0.2, 0) is 4.74 Å². The second-order valence-electron chi connectivity index (χ2n) is 4.63. The van der Waals surface area contributed by atoms with E-state index in [0.29, 0.717) is 24.1 Å². The summed E-state index contributed by atoms with van der Waals surface area (Å²) >= 11 is 0. The highest BCUT2D eigenvalue weighted by Gasteiger charge is 2.16. The number of pyridine rings is 1. The van der Waals surface area contributed by atoms with E-state index in [0.717, 1.165) is 18.8 Å². The van der Waals surface area contributed by atoms with Gasteiger partial charge >= 0.3 is 5.97 Å². The van der Waals surface area contributed by atoms with Crippen molar-refractivity contribution >= 4 is 22.6 Å². The molecule has 6 nitrogen and oxygen atoms in total. The van der Waals surface area contributed by atoms with Gasteiger partial charge in [-0.15, -0.1) is 0 Å². The van der Waals surface area contributed by atoms with E-state index in [2.05, 4.69) is 9.88 Å². The molecule has 2 heterocycles. The molecule has 1 saturated heterocycles. The zero-order valence-electron chi connectivity index (χ0n) is 10.7. The lowest BCUT2D eigenvalue weighted by molar-refractivity contribution is 0.0699. The maximum absolute atomic E-state index is 11.3. The van der Waals surface area contributed by atoms with Gasteiger partial charge in [0, 0.05) is 18.5 Å². The summed E-state index contributed by atoms with van der Waals surface area (Å²) in [7, 11) is 0. The number of anilines is 1. The van der Waals surface area contributed by atoms with E-state index in [1.54, 1.807) is 12.3 Å². The lowest BCUT2D eigenvalue weighted by Crippen LogP contribution is -2.36. The molecule has 1 aliphatic heterocycles. The Hall–Kier alpha value is -2.34. The van der Waals surface area contributed by atoms with Crippen molar-refractivity contribution < 1.29 is 19.7 Å². The number of hydrogen-bond donors (Lipinski definition) is 2. The van der Waals surface area contributed by atoms with Crippen LogP contribution < -0.4 is 4.90 Å². The number of carboxylic acids is 1. The zero-order valence-corrected chi connectivity index (χ0v) is 10.7. The quantitative estimate of drug-likeness (QED) is 0.863. The van der Waals surface area contributed by atoms with Crippen LogP contribution in [-0.4, -0.2) is 47.5 Å². The highest BCUT2D eigenvalue weighted by molar-refractivity contribution is 6.05. The Bertz CT molecular complexity index is 666. The maximum atomic E-state index is 11.3. The number of nitrogens with zero attached hydrogens (tertiary/aromatic N) is 2. The second kappa shape index (κ2) is 4.97. The number of morpholine rings is 1. The van der Waals surface area contributed by atoms with E-state index < -0.39 is 5.97 Å². The molecule has 1 aromatic heterocycles. The molecule has 0 spiro atoms. The highest BCUT2D eigenvalue weighted by atomic mass is 16.5. The maximum Gasteiger partial charge on any atom is 0.336 e. The fourth-order valence-electron chi connectivity index (χ4n) is 2.38. The molecule has 1 aliphatic rings. The average molecular weight is 274 g/mol. The number of aromatic carboxylic acids is 1. The third-order valence-corrected chi connectivity index (χ3v) is 3.42. The SMILES string of the molecule is O=C(O)c1ccc(O)c2ncc(N3CCOCC3)cc12. The van der Waals surface area contributed by atoms with Crippen LogP contribution in [0.2, 0.25) is 0 Å². The standard InChI is InChI=1S/C14H14N2O4/c17-12-2-1-10(14(18)19)11-7-9(8-15-13(11)12)16-3-5-20-6-4-16/h1-2,7-8,17H,3-6H2,(H,18,19). The molecule has 104 valence electrons. The molecular formula is C14H14N2O4. The van der Waals surface area contributed by atoms with Crippen LogP contribution in [0.25, 0.3) is 10.9 Å². The summed E-state index contributed by atoms with van der Waals surface area (Å²) in [6, 6.07) is 4.51. The van der Waals surface area contributed by atoms with E-state index in [1.807, 2.05) is 0 Å². The third-order valence-electron chi connectivity index (χ3n) is 3.42. The molecule has 6 heteroatoms. The number of carboxylic acid groups (broad SMARTS) is 1. The Morgan fingerprint density at radius 1 is 1.30 bits per heavy atom. The Balaban J connectivity index is 2.13. The Morgan fingerprint density at radius 3 is 2.75 bits per heavy atom. The largest absolute Gasteiger partial charge is 0.506 e. The molecule has 3 rings (SSSR count). The van der Waals surface area contributed by atoms with Crippen molar-refractivity contribution in [2.45, 2.75) is 0 Å². The molecule has 1 fully saturated rings. The van der Waals surface area contributed by atoms with Crippen LogP contribution in [0.3, 0.4) is 0 Å². The molecule has 0 amide bonds. The predicted octanol–water partition coefficient (Wildman–Crippen LogP) is 1.48. The first-order valence-electron chi connectivity index (χ1n) is 6.34. The molecular weight excluding hydrogens is 260 g/mol. The van der Waals surface area contributed by atoms with Crippen LogP contribution in [0.5, 0.6) is 5.75 Å². The molecule has 0 aliphatic carbocycles. The lowest BCUT2D eigenvalue weighted by Gasteiger charge is -2.28. The molecule has 0 radical (unpaired) electrons. The van der Waals surface area contributed by atoms with Crippen molar-refractivity contribution in [1.82, 2.24) is 4.98 Å². The number of carbonyl (C=O) groups is 1. The van der Waals surface area contributed by atoms with E-state index >= 15 is 0 Å². The highest BCUT2D eigenvalue weighted by Crippen LogP contribution is 2.29. The molecule has 0 saturated carbocycles. The van der Waals surface area contributed by atoms with Gasteiger partial charge in [-0.05, 0) is 18.2 Å². The summed E-state index contributed by atoms with van der Waals surface area (Å²) in [5.41, 5.74) is 1.29. The number of hydrogen-bond acceptors (Lipinski definition) is 5. The van der Waals surface area contributed by atoms with Gasteiger partial charge in [0.1, 0.15) is 11.3 Å². The van der Waals surface area contributed by atoms with Crippen LogP contribution in [0, 0.1) is 0 Å². The Kier molecular flexibility index (Phi) is 3.15. The monoisotopic (exact) mass is 274 g/mol. The van der Waals surface area contributed by atoms with Gasteiger partial charge in [-0.2, -0.15) is 0 Å². The van der Waals surface area contributed by atoms with E-state index in [-0.39, 0.29) is 11.3 Å². The van der Waals surface area contributed by atoms with Crippen molar-refractivity contribution in [3.8, 4) is 5.75 Å². The number of aromatic nitrogens is 1. The number of fused-ring (bicyclic) bond motifs is 1. The average Bonchev–Trinajstić information content (AvgIpc) is 2.48. The van der Waals surface area contributed by atoms with Crippen molar-refractivity contribution in [3.63, 3.8) is 0 Å². The molecule has 2 N–H and O–H groups in total. The summed E-state index contributed by atoms with van der Waals surface area (Å²) in [5, 5.41) is 19.5. The first kappa shape index (κ1) is 12.7. The van der Waals surface area contributed by atoms with Gasteiger partial charge < -0.3 is 19.8 Å². The molecule has 2 aromatic rings. The van der Waals surface area contributed by atoms with Gasteiger partial charge in [-0.25, -0.2) is 4.79 Å². The minimum atomic E-state index is -1.03. The van der Waals surface area contributed by atoms with Crippen LogP contribution in [0.1, 0.15) is 10.4 Å². The molecule has 0 bridgehead atoms. The number of phenolic OH excluding ortho intramolecular Hbond substituents is 1. The summed E-state index contributed by atoms with van der Waals surface area (Å²) in [4.78, 5) is 17.6.